The summed E-state index contributed by atoms with van der Waals surface area (Å²) >= 11 is 12.3. The molecule has 1 fully saturated rings. The third-order valence-electron chi connectivity index (χ3n) is 4.42. The third-order valence-corrected chi connectivity index (χ3v) is 4.95. The lowest BCUT2D eigenvalue weighted by molar-refractivity contribution is 0.369. The summed E-state index contributed by atoms with van der Waals surface area (Å²) in [6.45, 7) is 2.08. The Kier molecular flexibility index (Phi) is 5.10. The predicted octanol–water partition coefficient (Wildman–Crippen LogP) is 5.26. The number of nitrogens with one attached hydrogen (secondary N) is 1. The molecule has 0 atom stereocenters. The summed E-state index contributed by atoms with van der Waals surface area (Å²) in [6, 6.07) is 6.62. The second-order valence-electron chi connectivity index (χ2n) is 5.97. The fraction of sp³-hybridized carbons (Fsp3) is 0.529. The topological polar surface area (TPSA) is 17.0 Å². The molecule has 114 valence electrons. The Hall–Kier alpha value is -0.700. The van der Waals surface area contributed by atoms with Gasteiger partial charge in [-0.1, -0.05) is 42.5 Å². The molecule has 1 aromatic carbocycles. The zero-order valence-corrected chi connectivity index (χ0v) is 13.8. The van der Waals surface area contributed by atoms with Gasteiger partial charge in [0, 0.05) is 29.2 Å². The molecule has 1 saturated carbocycles. The molecule has 0 unspecified atom stereocenters. The first-order chi connectivity index (χ1) is 10.2. The van der Waals surface area contributed by atoms with Crippen molar-refractivity contribution in [3.8, 4) is 0 Å². The fourth-order valence-electron chi connectivity index (χ4n) is 3.28. The Labute approximate surface area is 136 Å². The Balaban J connectivity index is 1.55. The minimum Gasteiger partial charge on any atom is -0.347 e. The maximum atomic E-state index is 6.23. The van der Waals surface area contributed by atoms with E-state index in [0.717, 1.165) is 41.5 Å². The van der Waals surface area contributed by atoms with Crippen LogP contribution in [0.5, 0.6) is 0 Å². The largest absolute Gasteiger partial charge is 0.347 e. The van der Waals surface area contributed by atoms with Gasteiger partial charge in [0.15, 0.2) is 0 Å². The normalized spacial score (nSPS) is 16.7. The highest BCUT2D eigenvalue weighted by Gasteiger charge is 2.12. The molecule has 21 heavy (non-hydrogen) atoms. The van der Waals surface area contributed by atoms with Crippen LogP contribution in [0, 0.1) is 0 Å². The highest BCUT2D eigenvalue weighted by atomic mass is 35.5. The van der Waals surface area contributed by atoms with Crippen LogP contribution in [0.2, 0.25) is 10.0 Å². The number of hydrogen-bond acceptors (Lipinski definition) is 1. The smallest absolute Gasteiger partial charge is 0.0514 e. The number of halogens is 2. The standard InChI is InChI=1S/C17H22Cl2N2/c18-13-11-16(19)15-7-10-21(17(15)12-13)9-4-8-20-14-5-2-1-3-6-14/h7,10-12,14,20H,1-6,8-9H2. The van der Waals surface area contributed by atoms with E-state index in [1.807, 2.05) is 6.07 Å². The van der Waals surface area contributed by atoms with E-state index in [0.29, 0.717) is 5.02 Å². The second kappa shape index (κ2) is 7.04. The van der Waals surface area contributed by atoms with Gasteiger partial charge in [0.25, 0.3) is 0 Å². The lowest BCUT2D eigenvalue weighted by Crippen LogP contribution is -2.32. The summed E-state index contributed by atoms with van der Waals surface area (Å²) in [4.78, 5) is 0. The van der Waals surface area contributed by atoms with Crippen molar-refractivity contribution in [2.24, 2.45) is 0 Å². The minimum absolute atomic E-state index is 0.702. The van der Waals surface area contributed by atoms with Crippen LogP contribution in [0.4, 0.5) is 0 Å². The lowest BCUT2D eigenvalue weighted by atomic mass is 9.95. The highest BCUT2D eigenvalue weighted by molar-refractivity contribution is 6.38. The van der Waals surface area contributed by atoms with Crippen molar-refractivity contribution in [3.05, 3.63) is 34.4 Å². The number of aromatic nitrogens is 1. The van der Waals surface area contributed by atoms with Crippen LogP contribution in [0.25, 0.3) is 10.9 Å². The molecule has 2 nitrogen and oxygen atoms in total. The van der Waals surface area contributed by atoms with Gasteiger partial charge >= 0.3 is 0 Å². The minimum atomic E-state index is 0.702. The van der Waals surface area contributed by atoms with E-state index in [-0.39, 0.29) is 0 Å². The van der Waals surface area contributed by atoms with E-state index in [1.165, 1.54) is 32.1 Å². The van der Waals surface area contributed by atoms with Crippen LogP contribution in [-0.2, 0) is 6.54 Å². The van der Waals surface area contributed by atoms with E-state index in [1.54, 1.807) is 6.07 Å². The third kappa shape index (κ3) is 3.74. The quantitative estimate of drug-likeness (QED) is 0.742. The van der Waals surface area contributed by atoms with Gasteiger partial charge < -0.3 is 9.88 Å². The second-order valence-corrected chi connectivity index (χ2v) is 6.82. The number of aryl methyl sites for hydroxylation is 1. The van der Waals surface area contributed by atoms with E-state index in [4.69, 9.17) is 23.2 Å². The van der Waals surface area contributed by atoms with Crippen LogP contribution in [0.15, 0.2) is 24.4 Å². The van der Waals surface area contributed by atoms with Crippen LogP contribution in [-0.4, -0.2) is 17.2 Å². The molecule has 1 aliphatic rings. The maximum absolute atomic E-state index is 6.23. The monoisotopic (exact) mass is 324 g/mol. The van der Waals surface area contributed by atoms with Crippen molar-refractivity contribution in [1.29, 1.82) is 0 Å². The van der Waals surface area contributed by atoms with Gasteiger partial charge in [0.2, 0.25) is 0 Å². The summed E-state index contributed by atoms with van der Waals surface area (Å²) in [5.41, 5.74) is 1.13. The first-order valence-corrected chi connectivity index (χ1v) is 8.67. The van der Waals surface area contributed by atoms with Crippen LogP contribution < -0.4 is 5.32 Å². The Morgan fingerprint density at radius 3 is 2.76 bits per heavy atom. The summed E-state index contributed by atoms with van der Waals surface area (Å²) in [5, 5.41) is 6.21. The first kappa shape index (κ1) is 15.2. The van der Waals surface area contributed by atoms with Gasteiger partial charge in [0.05, 0.1) is 10.5 Å². The Morgan fingerprint density at radius 2 is 1.95 bits per heavy atom. The van der Waals surface area contributed by atoms with Gasteiger partial charge in [-0.2, -0.15) is 0 Å². The number of hydrogen-bond donors (Lipinski definition) is 1. The predicted molar refractivity (Wildman–Crippen MR) is 91.5 cm³/mol. The van der Waals surface area contributed by atoms with Gasteiger partial charge in [-0.25, -0.2) is 0 Å². The van der Waals surface area contributed by atoms with E-state index in [9.17, 15) is 0 Å². The molecule has 0 amide bonds. The fourth-order valence-corrected chi connectivity index (χ4v) is 3.82. The van der Waals surface area contributed by atoms with Crippen molar-refractivity contribution in [2.75, 3.05) is 6.54 Å². The molecule has 0 radical (unpaired) electrons. The Morgan fingerprint density at radius 1 is 1.14 bits per heavy atom. The Bertz CT molecular complexity index is 600. The average Bonchev–Trinajstić information content (AvgIpc) is 2.88. The van der Waals surface area contributed by atoms with E-state index < -0.39 is 0 Å². The van der Waals surface area contributed by atoms with Crippen molar-refractivity contribution in [3.63, 3.8) is 0 Å². The summed E-state index contributed by atoms with van der Waals surface area (Å²) in [6.07, 6.45) is 10.1. The van der Waals surface area contributed by atoms with Crippen molar-refractivity contribution < 1.29 is 0 Å². The van der Waals surface area contributed by atoms with Crippen molar-refractivity contribution >= 4 is 34.1 Å². The van der Waals surface area contributed by atoms with Crippen molar-refractivity contribution in [1.82, 2.24) is 9.88 Å². The summed E-state index contributed by atoms with van der Waals surface area (Å²) < 4.78 is 2.25. The molecular formula is C17H22Cl2N2. The SMILES string of the molecule is Clc1cc(Cl)c2ccn(CCCNC3CCCCC3)c2c1. The van der Waals surface area contributed by atoms with Gasteiger partial charge in [-0.05, 0) is 44.0 Å². The lowest BCUT2D eigenvalue weighted by Gasteiger charge is -2.22. The van der Waals surface area contributed by atoms with Gasteiger partial charge in [-0.15, -0.1) is 0 Å². The molecule has 1 N–H and O–H groups in total. The molecule has 1 aromatic heterocycles. The molecule has 4 heteroatoms. The van der Waals surface area contributed by atoms with Crippen LogP contribution >= 0.6 is 23.2 Å². The number of rotatable bonds is 5. The zero-order valence-electron chi connectivity index (χ0n) is 12.2. The molecule has 1 aliphatic carbocycles. The molecule has 0 bridgehead atoms. The van der Waals surface area contributed by atoms with Crippen LogP contribution in [0.1, 0.15) is 38.5 Å². The molecule has 1 heterocycles. The van der Waals surface area contributed by atoms with Gasteiger partial charge in [0.1, 0.15) is 0 Å². The van der Waals surface area contributed by atoms with Crippen LogP contribution in [0.3, 0.4) is 0 Å². The molecule has 2 aromatic rings. The molecule has 0 spiro atoms. The number of fused-ring (bicyclic) bond motifs is 1. The summed E-state index contributed by atoms with van der Waals surface area (Å²) in [5.74, 6) is 0. The molecular weight excluding hydrogens is 303 g/mol. The van der Waals surface area contributed by atoms with E-state index in [2.05, 4.69) is 22.1 Å². The highest BCUT2D eigenvalue weighted by Crippen LogP contribution is 2.28. The molecule has 0 saturated heterocycles. The van der Waals surface area contributed by atoms with E-state index >= 15 is 0 Å². The molecule has 3 rings (SSSR count). The number of benzene rings is 1. The first-order valence-electron chi connectivity index (χ1n) is 7.91. The van der Waals surface area contributed by atoms with Gasteiger partial charge in [-0.3, -0.25) is 0 Å². The zero-order chi connectivity index (χ0) is 14.7. The van der Waals surface area contributed by atoms with Crippen molar-refractivity contribution in [2.45, 2.75) is 51.1 Å². The molecule has 0 aliphatic heterocycles. The average molecular weight is 325 g/mol. The maximum Gasteiger partial charge on any atom is 0.0514 e. The number of nitrogens with zero attached hydrogens (tertiary/aromatic N) is 1. The summed E-state index contributed by atoms with van der Waals surface area (Å²) in [7, 11) is 0.